The molecule has 0 atom stereocenters. The molecule has 0 fully saturated rings. The van der Waals surface area contributed by atoms with Crippen LogP contribution in [0, 0.1) is 10.1 Å². The van der Waals surface area contributed by atoms with Crippen LogP contribution in [0.25, 0.3) is 11.3 Å². The number of nitrogens with one attached hydrogen (secondary N) is 1. The molecule has 7 heteroatoms. The summed E-state index contributed by atoms with van der Waals surface area (Å²) in [7, 11) is 0. The van der Waals surface area contributed by atoms with E-state index in [1.807, 2.05) is 6.92 Å². The third-order valence-corrected chi connectivity index (χ3v) is 4.12. The number of nitrogens with zero attached hydrogens (tertiary/aromatic N) is 1. The molecule has 6 nitrogen and oxygen atoms in total. The monoisotopic (exact) mass is 370 g/mol. The third-order valence-electron chi connectivity index (χ3n) is 3.87. The van der Waals surface area contributed by atoms with Crippen molar-refractivity contribution in [2.24, 2.45) is 0 Å². The molecule has 0 aliphatic carbocycles. The van der Waals surface area contributed by atoms with Crippen LogP contribution < -0.4 is 4.74 Å². The van der Waals surface area contributed by atoms with E-state index in [4.69, 9.17) is 16.3 Å². The Morgan fingerprint density at radius 1 is 1.19 bits per heavy atom. The van der Waals surface area contributed by atoms with Gasteiger partial charge in [-0.05, 0) is 42.8 Å². The Morgan fingerprint density at radius 2 is 1.88 bits per heavy atom. The first kappa shape index (κ1) is 17.7. The van der Waals surface area contributed by atoms with Crippen molar-refractivity contribution in [3.05, 3.63) is 81.0 Å². The maximum Gasteiger partial charge on any atom is 0.345 e. The summed E-state index contributed by atoms with van der Waals surface area (Å²) in [6, 6.07) is 14.3. The van der Waals surface area contributed by atoms with Crippen LogP contribution >= 0.6 is 11.6 Å². The first-order valence-corrected chi connectivity index (χ1v) is 8.30. The number of hydrogen-bond acceptors (Lipinski definition) is 4. The molecule has 132 valence electrons. The molecule has 3 aromatic rings. The number of nitro groups is 1. The van der Waals surface area contributed by atoms with E-state index >= 15 is 0 Å². The largest absolute Gasteiger partial charge is 0.423 e. The predicted molar refractivity (Wildman–Crippen MR) is 98.7 cm³/mol. The lowest BCUT2D eigenvalue weighted by molar-refractivity contribution is -0.384. The fraction of sp³-hybridized carbons (Fsp3) is 0.105. The molecule has 0 bridgehead atoms. The zero-order chi connectivity index (χ0) is 18.7. The molecule has 0 saturated carbocycles. The molecule has 0 amide bonds. The van der Waals surface area contributed by atoms with Crippen LogP contribution in [0.1, 0.15) is 23.0 Å². The number of hydrogen-bond donors (Lipinski definition) is 1. The lowest BCUT2D eigenvalue weighted by Crippen LogP contribution is -2.09. The second-order valence-electron chi connectivity index (χ2n) is 5.55. The van der Waals surface area contributed by atoms with Crippen LogP contribution in [-0.4, -0.2) is 15.9 Å². The van der Waals surface area contributed by atoms with E-state index in [1.165, 1.54) is 6.07 Å². The second-order valence-corrected chi connectivity index (χ2v) is 5.99. The van der Waals surface area contributed by atoms with Crippen LogP contribution in [0.3, 0.4) is 0 Å². The van der Waals surface area contributed by atoms with Gasteiger partial charge in [0.2, 0.25) is 0 Å². The zero-order valence-corrected chi connectivity index (χ0v) is 14.6. The number of carbonyl (C=O) groups is 1. The van der Waals surface area contributed by atoms with Gasteiger partial charge in [-0.2, -0.15) is 0 Å². The number of esters is 1. The lowest BCUT2D eigenvalue weighted by atomic mass is 10.1. The van der Waals surface area contributed by atoms with Gasteiger partial charge in [-0.15, -0.1) is 0 Å². The van der Waals surface area contributed by atoms with Gasteiger partial charge >= 0.3 is 5.97 Å². The number of rotatable bonds is 5. The highest BCUT2D eigenvalue weighted by Crippen LogP contribution is 2.32. The summed E-state index contributed by atoms with van der Waals surface area (Å²) in [5, 5.41) is 11.9. The molecular weight excluding hydrogens is 356 g/mol. The topological polar surface area (TPSA) is 85.2 Å². The minimum Gasteiger partial charge on any atom is -0.423 e. The molecule has 0 unspecified atom stereocenters. The van der Waals surface area contributed by atoms with E-state index in [-0.39, 0.29) is 11.3 Å². The second kappa shape index (κ2) is 7.41. The van der Waals surface area contributed by atoms with Gasteiger partial charge < -0.3 is 9.72 Å². The quantitative estimate of drug-likeness (QED) is 0.295. The van der Waals surface area contributed by atoms with E-state index in [0.29, 0.717) is 28.5 Å². The predicted octanol–water partition coefficient (Wildman–Crippen LogP) is 5.02. The van der Waals surface area contributed by atoms with Crippen molar-refractivity contribution in [3.8, 4) is 17.0 Å². The maximum atomic E-state index is 12.7. The molecule has 0 aliphatic heterocycles. The first-order valence-electron chi connectivity index (χ1n) is 7.93. The van der Waals surface area contributed by atoms with Crippen LogP contribution in [0.15, 0.2) is 54.6 Å². The van der Waals surface area contributed by atoms with Gasteiger partial charge in [0.25, 0.3) is 5.69 Å². The highest BCUT2D eigenvalue weighted by molar-refractivity contribution is 6.30. The van der Waals surface area contributed by atoms with Crippen molar-refractivity contribution in [3.63, 3.8) is 0 Å². The van der Waals surface area contributed by atoms with Gasteiger partial charge in [-0.25, -0.2) is 4.79 Å². The highest BCUT2D eigenvalue weighted by Gasteiger charge is 2.24. The summed E-state index contributed by atoms with van der Waals surface area (Å²) in [4.78, 5) is 26.6. The molecule has 26 heavy (non-hydrogen) atoms. The molecule has 1 aromatic heterocycles. The number of benzene rings is 2. The molecule has 0 spiro atoms. The van der Waals surface area contributed by atoms with Gasteiger partial charge in [0.1, 0.15) is 5.75 Å². The Labute approximate surface area is 154 Å². The average Bonchev–Trinajstić information content (AvgIpc) is 3.08. The SMILES string of the molecule is CCc1cc(C(=O)Oc2ccc(Cl)cc2)c(-c2ccccc2[N+](=O)[O-])[nH]1. The summed E-state index contributed by atoms with van der Waals surface area (Å²) in [6.07, 6.45) is 0.641. The number of aromatic amines is 1. The number of carbonyl (C=O) groups excluding carboxylic acids is 1. The van der Waals surface area contributed by atoms with E-state index in [2.05, 4.69) is 4.98 Å². The number of aryl methyl sites for hydroxylation is 1. The fourth-order valence-corrected chi connectivity index (χ4v) is 2.71. The van der Waals surface area contributed by atoms with Crippen LogP contribution in [0.2, 0.25) is 5.02 Å². The summed E-state index contributed by atoms with van der Waals surface area (Å²) in [5.41, 5.74) is 1.64. The Morgan fingerprint density at radius 3 is 2.54 bits per heavy atom. The van der Waals surface area contributed by atoms with Gasteiger partial charge in [0, 0.05) is 16.8 Å². The number of aromatic nitrogens is 1. The Kier molecular flexibility index (Phi) is 5.04. The highest BCUT2D eigenvalue weighted by atomic mass is 35.5. The normalized spacial score (nSPS) is 10.5. The molecule has 1 N–H and O–H groups in total. The Hall–Kier alpha value is -3.12. The van der Waals surface area contributed by atoms with Crippen molar-refractivity contribution in [2.45, 2.75) is 13.3 Å². The summed E-state index contributed by atoms with van der Waals surface area (Å²) < 4.78 is 5.39. The van der Waals surface area contributed by atoms with Crippen LogP contribution in [-0.2, 0) is 6.42 Å². The minimum absolute atomic E-state index is 0.0856. The minimum atomic E-state index is -0.601. The molecule has 3 rings (SSSR count). The number of para-hydroxylation sites is 1. The van der Waals surface area contributed by atoms with Gasteiger partial charge in [-0.1, -0.05) is 30.7 Å². The van der Waals surface area contributed by atoms with E-state index in [9.17, 15) is 14.9 Å². The Bertz CT molecular complexity index is 964. The van der Waals surface area contributed by atoms with Crippen molar-refractivity contribution in [1.29, 1.82) is 0 Å². The smallest absolute Gasteiger partial charge is 0.345 e. The molecule has 0 aliphatic rings. The number of halogens is 1. The maximum absolute atomic E-state index is 12.7. The van der Waals surface area contributed by atoms with Crippen molar-refractivity contribution in [2.75, 3.05) is 0 Å². The molecular formula is C19H15ClN2O4. The van der Waals surface area contributed by atoms with Gasteiger partial charge in [0.05, 0.1) is 21.7 Å². The fourth-order valence-electron chi connectivity index (χ4n) is 2.58. The summed E-state index contributed by atoms with van der Waals surface area (Å²) >= 11 is 5.83. The van der Waals surface area contributed by atoms with E-state index in [0.717, 1.165) is 5.69 Å². The summed E-state index contributed by atoms with van der Waals surface area (Å²) in [6.45, 7) is 1.92. The van der Waals surface area contributed by atoms with Gasteiger partial charge in [-0.3, -0.25) is 10.1 Å². The Balaban J connectivity index is 2.03. The molecule has 0 saturated heterocycles. The molecule has 2 aromatic carbocycles. The molecule has 1 heterocycles. The van der Waals surface area contributed by atoms with Gasteiger partial charge in [0.15, 0.2) is 0 Å². The zero-order valence-electron chi connectivity index (χ0n) is 13.9. The molecule has 0 radical (unpaired) electrons. The van der Waals surface area contributed by atoms with E-state index < -0.39 is 10.9 Å². The van der Waals surface area contributed by atoms with E-state index in [1.54, 1.807) is 48.5 Å². The number of H-pyrrole nitrogens is 1. The first-order chi connectivity index (χ1) is 12.5. The average molecular weight is 371 g/mol. The van der Waals surface area contributed by atoms with Crippen molar-refractivity contribution in [1.82, 2.24) is 4.98 Å². The van der Waals surface area contributed by atoms with Crippen LogP contribution in [0.5, 0.6) is 5.75 Å². The third kappa shape index (κ3) is 3.60. The number of ether oxygens (including phenoxy) is 1. The van der Waals surface area contributed by atoms with Crippen molar-refractivity contribution >= 4 is 23.3 Å². The van der Waals surface area contributed by atoms with Crippen molar-refractivity contribution < 1.29 is 14.5 Å². The van der Waals surface area contributed by atoms with Crippen LogP contribution in [0.4, 0.5) is 5.69 Å². The lowest BCUT2D eigenvalue weighted by Gasteiger charge is -2.06. The standard InChI is InChI=1S/C19H15ClN2O4/c1-2-13-11-16(19(23)26-14-9-7-12(20)8-10-14)18(21-13)15-5-3-4-6-17(15)22(24)25/h3-11,21H,2H2,1H3. The summed E-state index contributed by atoms with van der Waals surface area (Å²) in [5.74, 6) is -0.261. The number of nitro benzene ring substituents is 1.